The van der Waals surface area contributed by atoms with E-state index < -0.39 is 5.60 Å². The van der Waals surface area contributed by atoms with Crippen molar-refractivity contribution in [2.45, 2.75) is 19.1 Å². The lowest BCUT2D eigenvalue weighted by atomic mass is 10.1. The van der Waals surface area contributed by atoms with Gasteiger partial charge in [-0.3, -0.25) is 4.98 Å². The molecule has 2 N–H and O–H groups in total. The summed E-state index contributed by atoms with van der Waals surface area (Å²) in [5.41, 5.74) is 0.364. The Morgan fingerprint density at radius 2 is 2.12 bits per heavy atom. The van der Waals surface area contributed by atoms with E-state index in [9.17, 15) is 5.11 Å². The second kappa shape index (κ2) is 5.40. The van der Waals surface area contributed by atoms with E-state index in [1.165, 1.54) is 5.56 Å². The summed E-state index contributed by atoms with van der Waals surface area (Å²) < 4.78 is 0. The highest BCUT2D eigenvalue weighted by Gasteiger charge is 2.23. The number of nitrogens with zero attached hydrogens (tertiary/aromatic N) is 1. The van der Waals surface area contributed by atoms with Crippen molar-refractivity contribution < 1.29 is 5.11 Å². The molecule has 0 radical (unpaired) electrons. The summed E-state index contributed by atoms with van der Waals surface area (Å²) in [6.45, 7) is 3.11. The van der Waals surface area contributed by atoms with Crippen LogP contribution in [0.1, 0.15) is 17.4 Å². The molecule has 17 heavy (non-hydrogen) atoms. The molecular formula is C13H16N2OS. The van der Waals surface area contributed by atoms with Gasteiger partial charge in [0.2, 0.25) is 0 Å². The van der Waals surface area contributed by atoms with Crippen LogP contribution >= 0.6 is 11.3 Å². The molecule has 0 spiro atoms. The van der Waals surface area contributed by atoms with Crippen molar-refractivity contribution in [3.05, 3.63) is 52.5 Å². The van der Waals surface area contributed by atoms with E-state index in [0.717, 1.165) is 11.4 Å². The standard InChI is InChI=1S/C13H16N2OS/c1-13(16,12-3-2-8-17-12)10-15-9-11-4-6-14-7-5-11/h2-8,15-16H,9-10H2,1H3. The number of rotatable bonds is 5. The average molecular weight is 248 g/mol. The summed E-state index contributed by atoms with van der Waals surface area (Å²) in [4.78, 5) is 4.95. The number of hydrogen-bond acceptors (Lipinski definition) is 4. The zero-order chi connectivity index (χ0) is 12.1. The van der Waals surface area contributed by atoms with Crippen LogP contribution in [0.15, 0.2) is 42.0 Å². The predicted octanol–water partition coefficient (Wildman–Crippen LogP) is 2.14. The smallest absolute Gasteiger partial charge is 0.108 e. The molecule has 2 rings (SSSR count). The first-order valence-electron chi connectivity index (χ1n) is 5.54. The van der Waals surface area contributed by atoms with Crippen molar-refractivity contribution in [2.75, 3.05) is 6.54 Å². The number of aromatic nitrogens is 1. The van der Waals surface area contributed by atoms with Gasteiger partial charge in [-0.2, -0.15) is 0 Å². The third-order valence-corrected chi connectivity index (χ3v) is 3.72. The molecule has 2 aromatic rings. The fraction of sp³-hybridized carbons (Fsp3) is 0.308. The largest absolute Gasteiger partial charge is 0.383 e. The maximum absolute atomic E-state index is 10.3. The Balaban J connectivity index is 1.86. The molecule has 1 atom stereocenters. The molecule has 3 nitrogen and oxygen atoms in total. The van der Waals surface area contributed by atoms with Crippen LogP contribution in [0.3, 0.4) is 0 Å². The summed E-state index contributed by atoms with van der Waals surface area (Å²) in [5.74, 6) is 0. The molecule has 2 aromatic heterocycles. The van der Waals surface area contributed by atoms with Crippen molar-refractivity contribution in [3.8, 4) is 0 Å². The van der Waals surface area contributed by atoms with E-state index in [4.69, 9.17) is 0 Å². The normalized spacial score (nSPS) is 14.5. The Morgan fingerprint density at radius 3 is 2.76 bits per heavy atom. The fourth-order valence-electron chi connectivity index (χ4n) is 1.62. The topological polar surface area (TPSA) is 45.1 Å². The molecule has 0 aromatic carbocycles. The van der Waals surface area contributed by atoms with Crippen LogP contribution in [0, 0.1) is 0 Å². The molecule has 0 aliphatic carbocycles. The van der Waals surface area contributed by atoms with Crippen LogP contribution in [0.2, 0.25) is 0 Å². The van der Waals surface area contributed by atoms with Gasteiger partial charge >= 0.3 is 0 Å². The highest BCUT2D eigenvalue weighted by Crippen LogP contribution is 2.24. The van der Waals surface area contributed by atoms with Gasteiger partial charge in [-0.15, -0.1) is 11.3 Å². The van der Waals surface area contributed by atoms with E-state index in [1.54, 1.807) is 23.7 Å². The minimum Gasteiger partial charge on any atom is -0.383 e. The third kappa shape index (κ3) is 3.36. The zero-order valence-corrected chi connectivity index (χ0v) is 10.6. The molecule has 90 valence electrons. The number of pyridine rings is 1. The van der Waals surface area contributed by atoms with Gasteiger partial charge in [0.25, 0.3) is 0 Å². The molecule has 0 aliphatic rings. The van der Waals surface area contributed by atoms with Gasteiger partial charge in [-0.25, -0.2) is 0 Å². The quantitative estimate of drug-likeness (QED) is 0.852. The van der Waals surface area contributed by atoms with Crippen molar-refractivity contribution in [2.24, 2.45) is 0 Å². The van der Waals surface area contributed by atoms with Gasteiger partial charge in [-0.1, -0.05) is 6.07 Å². The first-order chi connectivity index (χ1) is 8.18. The van der Waals surface area contributed by atoms with Crippen molar-refractivity contribution in [3.63, 3.8) is 0 Å². The molecular weight excluding hydrogens is 232 g/mol. The van der Waals surface area contributed by atoms with Gasteiger partial charge in [0.1, 0.15) is 5.60 Å². The van der Waals surface area contributed by atoms with Gasteiger partial charge in [0.05, 0.1) is 0 Å². The van der Waals surface area contributed by atoms with Gasteiger partial charge in [-0.05, 0) is 36.1 Å². The Hall–Kier alpha value is -1.23. The number of hydrogen-bond donors (Lipinski definition) is 2. The Morgan fingerprint density at radius 1 is 1.35 bits per heavy atom. The second-order valence-corrected chi connectivity index (χ2v) is 5.16. The monoisotopic (exact) mass is 248 g/mol. The van der Waals surface area contributed by atoms with Crippen molar-refractivity contribution >= 4 is 11.3 Å². The average Bonchev–Trinajstić information content (AvgIpc) is 2.84. The van der Waals surface area contributed by atoms with Gasteiger partial charge in [0, 0.05) is 30.4 Å². The lowest BCUT2D eigenvalue weighted by Gasteiger charge is -2.22. The van der Waals surface area contributed by atoms with Crippen molar-refractivity contribution in [1.29, 1.82) is 0 Å². The van der Waals surface area contributed by atoms with Gasteiger partial charge in [0.15, 0.2) is 0 Å². The Bertz CT molecular complexity index is 440. The maximum atomic E-state index is 10.3. The zero-order valence-electron chi connectivity index (χ0n) is 9.76. The van der Waals surface area contributed by atoms with Crippen LogP contribution in [-0.4, -0.2) is 16.6 Å². The second-order valence-electron chi connectivity index (χ2n) is 4.21. The lowest BCUT2D eigenvalue weighted by molar-refractivity contribution is 0.0604. The molecule has 0 aliphatic heterocycles. The SMILES string of the molecule is CC(O)(CNCc1ccncc1)c1cccs1. The molecule has 0 saturated carbocycles. The summed E-state index contributed by atoms with van der Waals surface area (Å²) in [6, 6.07) is 7.84. The fourth-order valence-corrected chi connectivity index (χ4v) is 2.41. The van der Waals surface area contributed by atoms with Crippen molar-refractivity contribution in [1.82, 2.24) is 10.3 Å². The van der Waals surface area contributed by atoms with E-state index in [2.05, 4.69) is 10.3 Å². The maximum Gasteiger partial charge on any atom is 0.108 e. The van der Waals surface area contributed by atoms with Crippen LogP contribution in [0.5, 0.6) is 0 Å². The Labute approximate surface area is 105 Å². The molecule has 0 saturated heterocycles. The third-order valence-electron chi connectivity index (χ3n) is 2.60. The van der Waals surface area contributed by atoms with E-state index in [1.807, 2.05) is 36.6 Å². The number of aliphatic hydroxyl groups is 1. The van der Waals surface area contributed by atoms with Crippen LogP contribution in [0.4, 0.5) is 0 Å². The number of nitrogens with one attached hydrogen (secondary N) is 1. The minimum atomic E-state index is -0.804. The summed E-state index contributed by atoms with van der Waals surface area (Å²) >= 11 is 1.58. The van der Waals surface area contributed by atoms with Crippen LogP contribution < -0.4 is 5.32 Å². The molecule has 0 fully saturated rings. The molecule has 4 heteroatoms. The van der Waals surface area contributed by atoms with Crippen LogP contribution in [0.25, 0.3) is 0 Å². The van der Waals surface area contributed by atoms with E-state index in [-0.39, 0.29) is 0 Å². The summed E-state index contributed by atoms with van der Waals surface area (Å²) in [6.07, 6.45) is 3.54. The molecule has 1 unspecified atom stereocenters. The molecule has 0 bridgehead atoms. The summed E-state index contributed by atoms with van der Waals surface area (Å²) in [7, 11) is 0. The highest BCUT2D eigenvalue weighted by atomic mass is 32.1. The van der Waals surface area contributed by atoms with E-state index in [0.29, 0.717) is 6.54 Å². The first kappa shape index (κ1) is 12.2. The number of thiophene rings is 1. The highest BCUT2D eigenvalue weighted by molar-refractivity contribution is 7.10. The van der Waals surface area contributed by atoms with E-state index >= 15 is 0 Å². The predicted molar refractivity (Wildman–Crippen MR) is 69.8 cm³/mol. The molecule has 0 amide bonds. The summed E-state index contributed by atoms with van der Waals surface area (Å²) in [5, 5.41) is 15.5. The Kier molecular flexibility index (Phi) is 3.89. The molecule has 2 heterocycles. The first-order valence-corrected chi connectivity index (χ1v) is 6.42. The van der Waals surface area contributed by atoms with Crippen LogP contribution in [-0.2, 0) is 12.1 Å². The minimum absolute atomic E-state index is 0.538. The van der Waals surface area contributed by atoms with Gasteiger partial charge < -0.3 is 10.4 Å². The lowest BCUT2D eigenvalue weighted by Crippen LogP contribution is -2.34.